The van der Waals surface area contributed by atoms with Crippen molar-refractivity contribution in [2.75, 3.05) is 33.7 Å². The van der Waals surface area contributed by atoms with Crippen LogP contribution in [0.4, 0.5) is 0 Å². The molecule has 0 aliphatic carbocycles. The summed E-state index contributed by atoms with van der Waals surface area (Å²) in [5.41, 5.74) is 5.52. The Morgan fingerprint density at radius 1 is 1.50 bits per heavy atom. The van der Waals surface area contributed by atoms with E-state index in [1.54, 1.807) is 0 Å². The van der Waals surface area contributed by atoms with Gasteiger partial charge in [0.05, 0.1) is 4.99 Å². The number of likely N-dealkylation sites (N-methyl/N-ethyl adjacent to an activating group) is 2. The van der Waals surface area contributed by atoms with Crippen molar-refractivity contribution in [3.8, 4) is 0 Å². The highest BCUT2D eigenvalue weighted by molar-refractivity contribution is 7.80. The summed E-state index contributed by atoms with van der Waals surface area (Å²) >= 11 is 4.90. The van der Waals surface area contributed by atoms with Crippen LogP contribution in [0.3, 0.4) is 0 Å². The van der Waals surface area contributed by atoms with Crippen molar-refractivity contribution in [2.45, 2.75) is 12.5 Å². The third-order valence-electron chi connectivity index (χ3n) is 2.42. The summed E-state index contributed by atoms with van der Waals surface area (Å²) in [6.07, 6.45) is 0.843. The van der Waals surface area contributed by atoms with E-state index in [-0.39, 0.29) is 0 Å². The summed E-state index contributed by atoms with van der Waals surface area (Å²) in [7, 11) is 4.27. The molecule has 1 rings (SSSR count). The van der Waals surface area contributed by atoms with Gasteiger partial charge in [0.2, 0.25) is 0 Å². The largest absolute Gasteiger partial charge is 0.393 e. The molecule has 0 saturated carbocycles. The molecule has 0 amide bonds. The van der Waals surface area contributed by atoms with E-state index in [1.165, 1.54) is 0 Å². The Balaban J connectivity index is 2.43. The highest BCUT2D eigenvalue weighted by atomic mass is 32.1. The second-order valence-electron chi connectivity index (χ2n) is 3.57. The Morgan fingerprint density at radius 3 is 2.75 bits per heavy atom. The Labute approximate surface area is 79.5 Å². The molecule has 1 aliphatic heterocycles. The zero-order chi connectivity index (χ0) is 9.14. The molecular weight excluding hydrogens is 170 g/mol. The fourth-order valence-corrected chi connectivity index (χ4v) is 1.75. The van der Waals surface area contributed by atoms with E-state index in [1.807, 2.05) is 0 Å². The molecule has 3 nitrogen and oxygen atoms in total. The average Bonchev–Trinajstić information content (AvgIpc) is 1.96. The summed E-state index contributed by atoms with van der Waals surface area (Å²) < 4.78 is 0. The predicted molar refractivity (Wildman–Crippen MR) is 55.3 cm³/mol. The molecule has 1 saturated heterocycles. The molecule has 0 aromatic carbocycles. The lowest BCUT2D eigenvalue weighted by molar-refractivity contribution is 0.119. The molecule has 0 aromatic rings. The van der Waals surface area contributed by atoms with Crippen molar-refractivity contribution >= 4 is 17.2 Å². The Morgan fingerprint density at radius 2 is 2.17 bits per heavy atom. The first kappa shape index (κ1) is 9.89. The molecule has 1 unspecified atom stereocenters. The molecule has 0 radical (unpaired) electrons. The molecule has 1 fully saturated rings. The zero-order valence-electron chi connectivity index (χ0n) is 7.79. The van der Waals surface area contributed by atoms with Gasteiger partial charge in [0.1, 0.15) is 0 Å². The van der Waals surface area contributed by atoms with Crippen LogP contribution in [-0.4, -0.2) is 54.6 Å². The van der Waals surface area contributed by atoms with Crippen LogP contribution in [0, 0.1) is 0 Å². The van der Waals surface area contributed by atoms with Crippen LogP contribution in [0.25, 0.3) is 0 Å². The maximum absolute atomic E-state index is 5.52. The number of thiocarbonyl (C=S) groups is 1. The van der Waals surface area contributed by atoms with Gasteiger partial charge in [-0.2, -0.15) is 0 Å². The number of nitrogens with two attached hydrogens (primary N) is 1. The van der Waals surface area contributed by atoms with Crippen LogP contribution >= 0.6 is 12.2 Å². The van der Waals surface area contributed by atoms with Crippen molar-refractivity contribution in [2.24, 2.45) is 5.73 Å². The Kier molecular flexibility index (Phi) is 3.43. The van der Waals surface area contributed by atoms with E-state index in [0.717, 1.165) is 26.1 Å². The normalized spacial score (nSPS) is 27.3. The van der Waals surface area contributed by atoms with E-state index in [2.05, 4.69) is 23.9 Å². The van der Waals surface area contributed by atoms with Gasteiger partial charge in [0, 0.05) is 32.1 Å². The van der Waals surface area contributed by atoms with Gasteiger partial charge in [0.15, 0.2) is 0 Å². The van der Waals surface area contributed by atoms with Crippen LogP contribution in [0.15, 0.2) is 0 Å². The van der Waals surface area contributed by atoms with Gasteiger partial charge < -0.3 is 15.5 Å². The second-order valence-corrected chi connectivity index (χ2v) is 4.09. The molecular formula is C8H17N3S. The summed E-state index contributed by atoms with van der Waals surface area (Å²) in [6.45, 7) is 3.34. The van der Waals surface area contributed by atoms with Gasteiger partial charge in [0.25, 0.3) is 0 Å². The number of piperazine rings is 1. The first-order chi connectivity index (χ1) is 5.59. The minimum Gasteiger partial charge on any atom is -0.393 e. The predicted octanol–water partition coefficient (Wildman–Crippen LogP) is -0.0916. The quantitative estimate of drug-likeness (QED) is 0.612. The number of nitrogens with zero attached hydrogens (tertiary/aromatic N) is 2. The highest BCUT2D eigenvalue weighted by Gasteiger charge is 2.22. The lowest BCUT2D eigenvalue weighted by Crippen LogP contribution is -2.50. The number of hydrogen-bond donors (Lipinski definition) is 1. The lowest BCUT2D eigenvalue weighted by Gasteiger charge is -2.37. The molecule has 1 atom stereocenters. The van der Waals surface area contributed by atoms with E-state index in [4.69, 9.17) is 18.0 Å². The van der Waals surface area contributed by atoms with Crippen LogP contribution in [-0.2, 0) is 0 Å². The van der Waals surface area contributed by atoms with Crippen LogP contribution < -0.4 is 5.73 Å². The van der Waals surface area contributed by atoms with Gasteiger partial charge >= 0.3 is 0 Å². The number of hydrogen-bond acceptors (Lipinski definition) is 3. The van der Waals surface area contributed by atoms with Gasteiger partial charge in [-0.3, -0.25) is 0 Å². The van der Waals surface area contributed by atoms with Crippen LogP contribution in [0.5, 0.6) is 0 Å². The van der Waals surface area contributed by atoms with Gasteiger partial charge in [-0.25, -0.2) is 0 Å². The lowest BCUT2D eigenvalue weighted by atomic mass is 10.1. The van der Waals surface area contributed by atoms with Crippen LogP contribution in [0.2, 0.25) is 0 Å². The third-order valence-corrected chi connectivity index (χ3v) is 2.58. The molecule has 1 aliphatic rings. The number of rotatable bonds is 2. The first-order valence-corrected chi connectivity index (χ1v) is 4.67. The fourth-order valence-electron chi connectivity index (χ4n) is 1.55. The van der Waals surface area contributed by atoms with E-state index < -0.39 is 0 Å². The summed E-state index contributed by atoms with van der Waals surface area (Å²) in [6, 6.07) is 0.515. The summed E-state index contributed by atoms with van der Waals surface area (Å²) in [5.74, 6) is 0. The monoisotopic (exact) mass is 187 g/mol. The Bertz CT molecular complexity index is 172. The third kappa shape index (κ3) is 2.69. The molecule has 0 spiro atoms. The Hall–Kier alpha value is -0.190. The molecule has 2 N–H and O–H groups in total. The fraction of sp³-hybridized carbons (Fsp3) is 0.875. The molecule has 0 bridgehead atoms. The average molecular weight is 187 g/mol. The second kappa shape index (κ2) is 4.16. The van der Waals surface area contributed by atoms with E-state index in [9.17, 15) is 0 Å². The topological polar surface area (TPSA) is 32.5 Å². The SMILES string of the molecule is CN1CCN(C)C(CC(N)=S)C1. The van der Waals surface area contributed by atoms with E-state index in [0.29, 0.717) is 11.0 Å². The maximum Gasteiger partial charge on any atom is 0.0743 e. The summed E-state index contributed by atoms with van der Waals surface area (Å²) in [5, 5.41) is 0. The molecule has 12 heavy (non-hydrogen) atoms. The van der Waals surface area contributed by atoms with Crippen LogP contribution in [0.1, 0.15) is 6.42 Å². The minimum atomic E-state index is 0.515. The first-order valence-electron chi connectivity index (χ1n) is 4.26. The minimum absolute atomic E-state index is 0.515. The van der Waals surface area contributed by atoms with Crippen molar-refractivity contribution in [3.05, 3.63) is 0 Å². The molecule has 0 aromatic heterocycles. The van der Waals surface area contributed by atoms with Crippen molar-refractivity contribution in [1.29, 1.82) is 0 Å². The standard InChI is InChI=1S/C8H17N3S/c1-10-3-4-11(2)7(6-10)5-8(9)12/h7H,3-6H2,1-2H3,(H2,9,12). The zero-order valence-corrected chi connectivity index (χ0v) is 8.60. The van der Waals surface area contributed by atoms with Crippen molar-refractivity contribution < 1.29 is 0 Å². The van der Waals surface area contributed by atoms with E-state index >= 15 is 0 Å². The van der Waals surface area contributed by atoms with Gasteiger partial charge in [-0.05, 0) is 14.1 Å². The van der Waals surface area contributed by atoms with Gasteiger partial charge in [-0.15, -0.1) is 0 Å². The maximum atomic E-state index is 5.52. The van der Waals surface area contributed by atoms with Gasteiger partial charge in [-0.1, -0.05) is 12.2 Å². The highest BCUT2D eigenvalue weighted by Crippen LogP contribution is 2.08. The molecule has 70 valence electrons. The molecule has 4 heteroatoms. The molecule has 1 heterocycles. The van der Waals surface area contributed by atoms with Crippen molar-refractivity contribution in [3.63, 3.8) is 0 Å². The summed E-state index contributed by atoms with van der Waals surface area (Å²) in [4.78, 5) is 5.28. The smallest absolute Gasteiger partial charge is 0.0743 e. The van der Waals surface area contributed by atoms with Crippen molar-refractivity contribution in [1.82, 2.24) is 9.80 Å².